The number of fused-ring (bicyclic) bond motifs is 1. The molecule has 1 fully saturated rings. The van der Waals surface area contributed by atoms with Gasteiger partial charge in [0.2, 0.25) is 0 Å². The molecule has 0 bridgehead atoms. The maximum Gasteiger partial charge on any atom is 0.136 e. The van der Waals surface area contributed by atoms with Gasteiger partial charge in [-0.3, -0.25) is 0 Å². The van der Waals surface area contributed by atoms with Crippen LogP contribution in [0.15, 0.2) is 30.5 Å². The number of hydrogen-bond acceptors (Lipinski definition) is 5. The summed E-state index contributed by atoms with van der Waals surface area (Å²) >= 11 is 0. The molecule has 2 aromatic rings. The van der Waals surface area contributed by atoms with Crippen molar-refractivity contribution in [2.45, 2.75) is 6.10 Å². The molecule has 0 saturated carbocycles. The fourth-order valence-corrected chi connectivity index (χ4v) is 3.02. The number of likely N-dealkylation sites (N-methyl/N-ethyl adjacent to an activating group) is 1. The van der Waals surface area contributed by atoms with Crippen molar-refractivity contribution in [3.05, 3.63) is 30.5 Å². The largest absolute Gasteiger partial charge is 0.496 e. The maximum atomic E-state index is 5.86. The van der Waals surface area contributed by atoms with Crippen LogP contribution in [0, 0.1) is 0 Å². The second-order valence-electron chi connectivity index (χ2n) is 5.89. The highest BCUT2D eigenvalue weighted by Crippen LogP contribution is 2.31. The Bertz CT molecular complexity index is 645. The van der Waals surface area contributed by atoms with Crippen LogP contribution in [-0.4, -0.2) is 63.4 Å². The molecule has 1 unspecified atom stereocenters. The molecule has 22 heavy (non-hydrogen) atoms. The SMILES string of the molecule is COc1cccc2c(N3CCOC(CN(C)C)C3)nccc12. The molecule has 5 nitrogen and oxygen atoms in total. The maximum absolute atomic E-state index is 5.86. The van der Waals surface area contributed by atoms with Gasteiger partial charge in [-0.05, 0) is 26.2 Å². The number of aromatic nitrogens is 1. The zero-order chi connectivity index (χ0) is 15.5. The van der Waals surface area contributed by atoms with Crippen molar-refractivity contribution in [2.24, 2.45) is 0 Å². The second kappa shape index (κ2) is 6.50. The van der Waals surface area contributed by atoms with Crippen LogP contribution in [0.4, 0.5) is 5.82 Å². The van der Waals surface area contributed by atoms with Crippen LogP contribution >= 0.6 is 0 Å². The summed E-state index contributed by atoms with van der Waals surface area (Å²) in [5.74, 6) is 1.91. The smallest absolute Gasteiger partial charge is 0.136 e. The van der Waals surface area contributed by atoms with Crippen molar-refractivity contribution in [2.75, 3.05) is 52.3 Å². The van der Waals surface area contributed by atoms with Crippen molar-refractivity contribution in [1.82, 2.24) is 9.88 Å². The highest BCUT2D eigenvalue weighted by Gasteiger charge is 2.23. The van der Waals surface area contributed by atoms with Crippen molar-refractivity contribution in [3.63, 3.8) is 0 Å². The molecular formula is C17H23N3O2. The predicted molar refractivity (Wildman–Crippen MR) is 88.8 cm³/mol. The molecule has 1 atom stereocenters. The van der Waals surface area contributed by atoms with E-state index in [1.54, 1.807) is 7.11 Å². The number of morpholine rings is 1. The average molecular weight is 301 g/mol. The normalized spacial score (nSPS) is 18.9. The zero-order valence-corrected chi connectivity index (χ0v) is 13.5. The van der Waals surface area contributed by atoms with Crippen LogP contribution in [-0.2, 0) is 4.74 Å². The fraction of sp³-hybridized carbons (Fsp3) is 0.471. The van der Waals surface area contributed by atoms with Gasteiger partial charge in [-0.15, -0.1) is 0 Å². The van der Waals surface area contributed by atoms with Crippen LogP contribution in [0.3, 0.4) is 0 Å². The minimum atomic E-state index is 0.214. The van der Waals surface area contributed by atoms with E-state index in [-0.39, 0.29) is 6.10 Å². The lowest BCUT2D eigenvalue weighted by Gasteiger charge is -2.35. The Morgan fingerprint density at radius 2 is 2.18 bits per heavy atom. The van der Waals surface area contributed by atoms with E-state index < -0.39 is 0 Å². The topological polar surface area (TPSA) is 37.8 Å². The van der Waals surface area contributed by atoms with Crippen molar-refractivity contribution in [3.8, 4) is 5.75 Å². The first-order chi connectivity index (χ1) is 10.7. The van der Waals surface area contributed by atoms with Crippen molar-refractivity contribution < 1.29 is 9.47 Å². The summed E-state index contributed by atoms with van der Waals surface area (Å²) in [6, 6.07) is 8.12. The number of methoxy groups -OCH3 is 1. The number of rotatable bonds is 4. The number of hydrogen-bond donors (Lipinski definition) is 0. The van der Waals surface area contributed by atoms with Crippen LogP contribution in [0.2, 0.25) is 0 Å². The van der Waals surface area contributed by atoms with Crippen LogP contribution < -0.4 is 9.64 Å². The minimum Gasteiger partial charge on any atom is -0.496 e. The van der Waals surface area contributed by atoms with E-state index in [1.807, 2.05) is 24.4 Å². The Morgan fingerprint density at radius 3 is 2.95 bits per heavy atom. The lowest BCUT2D eigenvalue weighted by molar-refractivity contribution is 0.0246. The Kier molecular flexibility index (Phi) is 4.45. The monoisotopic (exact) mass is 301 g/mol. The summed E-state index contributed by atoms with van der Waals surface area (Å²) in [6.45, 7) is 3.39. The van der Waals surface area contributed by atoms with Crippen LogP contribution in [0.25, 0.3) is 10.8 Å². The Labute approximate surface area is 131 Å². The van der Waals surface area contributed by atoms with Gasteiger partial charge in [0.15, 0.2) is 0 Å². The summed E-state index contributed by atoms with van der Waals surface area (Å²) in [4.78, 5) is 9.10. The van der Waals surface area contributed by atoms with Crippen molar-refractivity contribution >= 4 is 16.6 Å². The van der Waals surface area contributed by atoms with Gasteiger partial charge in [0, 0.05) is 36.6 Å². The van der Waals surface area contributed by atoms with E-state index in [0.717, 1.165) is 48.6 Å². The lowest BCUT2D eigenvalue weighted by atomic mass is 10.1. The average Bonchev–Trinajstić information content (AvgIpc) is 2.53. The van der Waals surface area contributed by atoms with Gasteiger partial charge in [-0.25, -0.2) is 4.98 Å². The van der Waals surface area contributed by atoms with E-state index in [4.69, 9.17) is 9.47 Å². The van der Waals surface area contributed by atoms with Crippen LogP contribution in [0.1, 0.15) is 0 Å². The molecule has 5 heteroatoms. The zero-order valence-electron chi connectivity index (χ0n) is 13.5. The molecule has 2 heterocycles. The van der Waals surface area contributed by atoms with Gasteiger partial charge in [-0.1, -0.05) is 12.1 Å². The molecule has 0 aliphatic carbocycles. The first-order valence-electron chi connectivity index (χ1n) is 7.62. The summed E-state index contributed by atoms with van der Waals surface area (Å²) in [7, 11) is 5.85. The van der Waals surface area contributed by atoms with E-state index in [9.17, 15) is 0 Å². The first-order valence-corrected chi connectivity index (χ1v) is 7.62. The predicted octanol–water partition coefficient (Wildman–Crippen LogP) is 2.01. The fourth-order valence-electron chi connectivity index (χ4n) is 3.02. The summed E-state index contributed by atoms with van der Waals surface area (Å²) in [6.07, 6.45) is 2.07. The van der Waals surface area contributed by atoms with E-state index in [2.05, 4.69) is 34.9 Å². The molecule has 118 valence electrons. The van der Waals surface area contributed by atoms with Gasteiger partial charge in [0.05, 0.1) is 19.8 Å². The molecule has 0 spiro atoms. The van der Waals surface area contributed by atoms with Gasteiger partial charge < -0.3 is 19.3 Å². The van der Waals surface area contributed by atoms with E-state index in [1.165, 1.54) is 0 Å². The molecule has 0 radical (unpaired) electrons. The van der Waals surface area contributed by atoms with Gasteiger partial charge in [0.25, 0.3) is 0 Å². The van der Waals surface area contributed by atoms with Gasteiger partial charge in [0.1, 0.15) is 11.6 Å². The van der Waals surface area contributed by atoms with E-state index >= 15 is 0 Å². The molecule has 1 aliphatic heterocycles. The second-order valence-corrected chi connectivity index (χ2v) is 5.89. The standard InChI is InChI=1S/C17H23N3O2/c1-19(2)11-13-12-20(9-10-22-13)17-15-5-4-6-16(21-3)14(15)7-8-18-17/h4-8,13H,9-12H2,1-3H3. The van der Waals surface area contributed by atoms with Crippen LogP contribution in [0.5, 0.6) is 5.75 Å². The molecule has 1 aliphatic rings. The van der Waals surface area contributed by atoms with Gasteiger partial charge in [-0.2, -0.15) is 0 Å². The first kappa shape index (κ1) is 15.1. The Hall–Kier alpha value is -1.85. The van der Waals surface area contributed by atoms with Crippen molar-refractivity contribution in [1.29, 1.82) is 0 Å². The number of ether oxygens (including phenoxy) is 2. The quantitative estimate of drug-likeness (QED) is 0.863. The molecular weight excluding hydrogens is 278 g/mol. The highest BCUT2D eigenvalue weighted by atomic mass is 16.5. The van der Waals surface area contributed by atoms with E-state index in [0.29, 0.717) is 0 Å². The number of nitrogens with zero attached hydrogens (tertiary/aromatic N) is 3. The van der Waals surface area contributed by atoms with Gasteiger partial charge >= 0.3 is 0 Å². The third kappa shape index (κ3) is 3.00. The summed E-state index contributed by atoms with van der Waals surface area (Å²) in [5, 5.41) is 2.23. The summed E-state index contributed by atoms with van der Waals surface area (Å²) in [5.41, 5.74) is 0. The lowest BCUT2D eigenvalue weighted by Crippen LogP contribution is -2.46. The Morgan fingerprint density at radius 1 is 1.32 bits per heavy atom. The number of benzene rings is 1. The summed E-state index contributed by atoms with van der Waals surface area (Å²) < 4.78 is 11.3. The number of pyridine rings is 1. The third-order valence-electron chi connectivity index (χ3n) is 3.97. The molecule has 0 amide bonds. The molecule has 3 rings (SSSR count). The molecule has 1 aromatic carbocycles. The molecule has 1 saturated heterocycles. The highest BCUT2D eigenvalue weighted by molar-refractivity contribution is 5.96. The molecule has 0 N–H and O–H groups in total. The minimum absolute atomic E-state index is 0.214. The molecule has 1 aromatic heterocycles. The Balaban J connectivity index is 1.92. The third-order valence-corrected chi connectivity index (χ3v) is 3.97. The number of anilines is 1.